The van der Waals surface area contributed by atoms with E-state index >= 15 is 0 Å². The van der Waals surface area contributed by atoms with Crippen molar-refractivity contribution in [1.82, 2.24) is 19.9 Å². The molecule has 1 atom stereocenters. The number of rotatable bonds is 6. The lowest BCUT2D eigenvalue weighted by Gasteiger charge is -2.34. The molecule has 3 heterocycles. The predicted molar refractivity (Wildman–Crippen MR) is 120 cm³/mol. The molecule has 0 spiro atoms. The van der Waals surface area contributed by atoms with Crippen molar-refractivity contribution in [3.63, 3.8) is 0 Å². The number of nitrogens with one attached hydrogen (secondary N) is 2. The van der Waals surface area contributed by atoms with Crippen molar-refractivity contribution in [3.05, 3.63) is 40.5 Å². The summed E-state index contributed by atoms with van der Waals surface area (Å²) < 4.78 is 5.46. The summed E-state index contributed by atoms with van der Waals surface area (Å²) in [7, 11) is 0. The largest absolute Gasteiger partial charge is 0.444 e. The molecule has 3 rings (SSSR count). The zero-order valence-electron chi connectivity index (χ0n) is 18.7. The highest BCUT2D eigenvalue weighted by Crippen LogP contribution is 2.28. The lowest BCUT2D eigenvalue weighted by atomic mass is 9.98. The molecule has 12 nitrogen and oxygen atoms in total. The first-order chi connectivity index (χ1) is 15.6. The van der Waals surface area contributed by atoms with Gasteiger partial charge in [-0.15, -0.1) is 0 Å². The summed E-state index contributed by atoms with van der Waals surface area (Å²) in [5, 5.41) is 26.3. The SMILES string of the molecule is CC(C)(C)OC(=O)N1CCCC(CNc2cc(Nc3cnc(C#N)cn3)ncc2[N+](=O)[O-])C1. The molecule has 0 aliphatic carbocycles. The Labute approximate surface area is 191 Å². The van der Waals surface area contributed by atoms with Gasteiger partial charge in [-0.2, -0.15) is 5.26 Å². The van der Waals surface area contributed by atoms with E-state index in [9.17, 15) is 14.9 Å². The summed E-state index contributed by atoms with van der Waals surface area (Å²) in [5.74, 6) is 0.794. The van der Waals surface area contributed by atoms with Crippen LogP contribution in [0.5, 0.6) is 0 Å². The number of pyridine rings is 1. The van der Waals surface area contributed by atoms with Crippen molar-refractivity contribution >= 4 is 29.1 Å². The molecule has 2 aromatic rings. The molecule has 1 aliphatic heterocycles. The smallest absolute Gasteiger partial charge is 0.410 e. The molecule has 2 aromatic heterocycles. The van der Waals surface area contributed by atoms with E-state index in [0.717, 1.165) is 19.0 Å². The third-order valence-electron chi connectivity index (χ3n) is 4.85. The normalized spacial score (nSPS) is 15.9. The van der Waals surface area contributed by atoms with Crippen LogP contribution in [0.3, 0.4) is 0 Å². The van der Waals surface area contributed by atoms with Gasteiger partial charge in [-0.05, 0) is 39.5 Å². The number of likely N-dealkylation sites (tertiary alicyclic amines) is 1. The molecule has 33 heavy (non-hydrogen) atoms. The zero-order valence-corrected chi connectivity index (χ0v) is 18.7. The number of ether oxygens (including phenoxy) is 1. The molecule has 174 valence electrons. The topological polar surface area (TPSA) is 159 Å². The zero-order chi connectivity index (χ0) is 24.0. The summed E-state index contributed by atoms with van der Waals surface area (Å²) in [6.45, 7) is 7.05. The van der Waals surface area contributed by atoms with Crippen LogP contribution in [0.2, 0.25) is 0 Å². The van der Waals surface area contributed by atoms with Crippen LogP contribution in [-0.2, 0) is 4.74 Å². The van der Waals surface area contributed by atoms with Gasteiger partial charge >= 0.3 is 11.8 Å². The third-order valence-corrected chi connectivity index (χ3v) is 4.85. The third kappa shape index (κ3) is 6.73. The summed E-state index contributed by atoms with van der Waals surface area (Å²) in [5.41, 5.74) is -0.255. The van der Waals surface area contributed by atoms with Gasteiger partial charge in [-0.25, -0.2) is 19.7 Å². The fraction of sp³-hybridized carbons (Fsp3) is 0.476. The number of carbonyl (C=O) groups excluding carboxylic acids is 1. The average Bonchev–Trinajstić information content (AvgIpc) is 2.77. The van der Waals surface area contributed by atoms with E-state index in [1.165, 1.54) is 18.5 Å². The highest BCUT2D eigenvalue weighted by Gasteiger charge is 2.28. The molecule has 0 radical (unpaired) electrons. The van der Waals surface area contributed by atoms with Gasteiger partial charge in [0.05, 0.1) is 17.3 Å². The Morgan fingerprint density at radius 1 is 1.30 bits per heavy atom. The molecular formula is C21H26N8O4. The highest BCUT2D eigenvalue weighted by molar-refractivity contribution is 5.69. The quantitative estimate of drug-likeness (QED) is 0.489. The molecule has 0 saturated carbocycles. The summed E-state index contributed by atoms with van der Waals surface area (Å²) >= 11 is 0. The van der Waals surface area contributed by atoms with Crippen LogP contribution < -0.4 is 10.6 Å². The predicted octanol–water partition coefficient (Wildman–Crippen LogP) is 3.45. The van der Waals surface area contributed by atoms with Crippen molar-refractivity contribution < 1.29 is 14.5 Å². The number of carbonyl (C=O) groups is 1. The highest BCUT2D eigenvalue weighted by atomic mass is 16.6. The van der Waals surface area contributed by atoms with Gasteiger partial charge in [0.2, 0.25) is 0 Å². The summed E-state index contributed by atoms with van der Waals surface area (Å²) in [6, 6.07) is 3.40. The lowest BCUT2D eigenvalue weighted by Crippen LogP contribution is -2.44. The van der Waals surface area contributed by atoms with Crippen LogP contribution >= 0.6 is 0 Å². The average molecular weight is 454 g/mol. The molecule has 0 aromatic carbocycles. The lowest BCUT2D eigenvalue weighted by molar-refractivity contribution is -0.384. The molecule has 12 heteroatoms. The molecule has 2 N–H and O–H groups in total. The summed E-state index contributed by atoms with van der Waals surface area (Å²) in [6.07, 6.45) is 5.21. The second kappa shape index (κ2) is 10.1. The maximum atomic E-state index is 12.4. The van der Waals surface area contributed by atoms with Crippen LogP contribution in [0, 0.1) is 27.4 Å². The summed E-state index contributed by atoms with van der Waals surface area (Å²) in [4.78, 5) is 37.1. The Bertz CT molecular complexity index is 1050. The number of aromatic nitrogens is 3. The van der Waals surface area contributed by atoms with Crippen LogP contribution in [0.1, 0.15) is 39.3 Å². The fourth-order valence-electron chi connectivity index (χ4n) is 3.36. The van der Waals surface area contributed by atoms with Gasteiger partial charge in [-0.3, -0.25) is 10.1 Å². The number of hydrogen-bond acceptors (Lipinski definition) is 10. The van der Waals surface area contributed by atoms with Gasteiger partial charge in [0.1, 0.15) is 35.2 Å². The van der Waals surface area contributed by atoms with E-state index in [0.29, 0.717) is 37.0 Å². The van der Waals surface area contributed by atoms with E-state index in [-0.39, 0.29) is 23.4 Å². The van der Waals surface area contributed by atoms with Gasteiger partial charge in [0.15, 0.2) is 5.69 Å². The minimum Gasteiger partial charge on any atom is -0.444 e. The van der Waals surface area contributed by atoms with Gasteiger partial charge in [0, 0.05) is 25.7 Å². The number of amides is 1. The molecule has 1 saturated heterocycles. The number of anilines is 3. The van der Waals surface area contributed by atoms with E-state index in [1.807, 2.05) is 26.8 Å². The molecular weight excluding hydrogens is 428 g/mol. The van der Waals surface area contributed by atoms with Crippen LogP contribution in [-0.4, -0.2) is 56.1 Å². The van der Waals surface area contributed by atoms with Gasteiger partial charge in [-0.1, -0.05) is 0 Å². The number of nitro groups is 1. The monoisotopic (exact) mass is 454 g/mol. The minimum atomic E-state index is -0.567. The number of nitrogens with zero attached hydrogens (tertiary/aromatic N) is 6. The van der Waals surface area contributed by atoms with Crippen LogP contribution in [0.15, 0.2) is 24.7 Å². The van der Waals surface area contributed by atoms with E-state index < -0.39 is 10.5 Å². The van der Waals surface area contributed by atoms with E-state index in [4.69, 9.17) is 10.00 Å². The van der Waals surface area contributed by atoms with Crippen molar-refractivity contribution in [2.45, 2.75) is 39.2 Å². The second-order valence-corrected chi connectivity index (χ2v) is 8.68. The Kier molecular flexibility index (Phi) is 7.22. The van der Waals surface area contributed by atoms with Crippen molar-refractivity contribution in [2.24, 2.45) is 5.92 Å². The van der Waals surface area contributed by atoms with Crippen LogP contribution in [0.25, 0.3) is 0 Å². The number of nitriles is 1. The maximum Gasteiger partial charge on any atom is 0.410 e. The Hall–Kier alpha value is -4.01. The van der Waals surface area contributed by atoms with Crippen molar-refractivity contribution in [1.29, 1.82) is 5.26 Å². The number of piperidine rings is 1. The first-order valence-corrected chi connectivity index (χ1v) is 10.5. The van der Waals surface area contributed by atoms with Gasteiger partial charge in [0.25, 0.3) is 0 Å². The maximum absolute atomic E-state index is 12.4. The van der Waals surface area contributed by atoms with E-state index in [1.54, 1.807) is 4.90 Å². The molecule has 0 bridgehead atoms. The second-order valence-electron chi connectivity index (χ2n) is 8.68. The Morgan fingerprint density at radius 2 is 2.06 bits per heavy atom. The standard InChI is InChI=1S/C21H26N8O4/c1-21(2,3)33-20(30)28-6-4-5-14(13-28)9-24-16-7-18(26-11-17(16)29(31)32)27-19-12-23-15(8-22)10-25-19/h7,10-12,14H,4-6,9,13H2,1-3H3,(H2,24,25,26,27). The Morgan fingerprint density at radius 3 is 2.70 bits per heavy atom. The van der Waals surface area contributed by atoms with Crippen LogP contribution in [0.4, 0.5) is 27.8 Å². The first-order valence-electron chi connectivity index (χ1n) is 10.5. The molecule has 1 fully saturated rings. The Balaban J connectivity index is 1.67. The minimum absolute atomic E-state index is 0.111. The molecule has 1 amide bonds. The number of hydrogen-bond donors (Lipinski definition) is 2. The van der Waals surface area contributed by atoms with Crippen molar-refractivity contribution in [3.8, 4) is 6.07 Å². The van der Waals surface area contributed by atoms with Gasteiger partial charge < -0.3 is 20.3 Å². The fourth-order valence-corrected chi connectivity index (χ4v) is 3.36. The first kappa shape index (κ1) is 23.6. The van der Waals surface area contributed by atoms with E-state index in [2.05, 4.69) is 25.6 Å². The molecule has 1 unspecified atom stereocenters. The molecule has 1 aliphatic rings. The van der Waals surface area contributed by atoms with Crippen molar-refractivity contribution in [2.75, 3.05) is 30.3 Å².